The Bertz CT molecular complexity index is 2110. The van der Waals surface area contributed by atoms with Gasteiger partial charge in [0, 0.05) is 12.1 Å². The fourth-order valence-corrected chi connectivity index (χ4v) is 7.69. The summed E-state index contributed by atoms with van der Waals surface area (Å²) in [5, 5.41) is 10.0. The highest BCUT2D eigenvalue weighted by Gasteiger charge is 2.44. The number of alkyl halides is 6. The molecule has 1 heterocycles. The molecule has 2 atom stereocenters. The van der Waals surface area contributed by atoms with Gasteiger partial charge in [0.2, 0.25) is 0 Å². The maximum atomic E-state index is 13.7. The van der Waals surface area contributed by atoms with Gasteiger partial charge in [0.1, 0.15) is 11.9 Å². The van der Waals surface area contributed by atoms with Crippen molar-refractivity contribution in [2.45, 2.75) is 71.5 Å². The molecule has 0 aromatic heterocycles. The van der Waals surface area contributed by atoms with E-state index in [1.165, 1.54) is 4.90 Å². The van der Waals surface area contributed by atoms with E-state index in [0.29, 0.717) is 36.3 Å². The fraction of sp³-hybridized carbons (Fsp3) is 0.333. The van der Waals surface area contributed by atoms with E-state index in [1.54, 1.807) is 26.2 Å². The van der Waals surface area contributed by atoms with Gasteiger partial charge in [-0.2, -0.15) is 26.3 Å². The lowest BCUT2D eigenvalue weighted by Gasteiger charge is -2.36. The van der Waals surface area contributed by atoms with Crippen molar-refractivity contribution in [1.82, 2.24) is 4.90 Å². The van der Waals surface area contributed by atoms with E-state index >= 15 is 0 Å². The molecule has 0 spiro atoms. The SMILES string of the molecule is COc1ccc(-c2ccc(C(=O)O)c(-c3ccccc3)c2C)cc1C1=C(CN2C(=O)O[C@@H](c3cc(C(F)(F)F)cc(C(F)(F)F)c3)[C@@H]2C)CC(C)(C)CC1. The van der Waals surface area contributed by atoms with Crippen molar-refractivity contribution < 1.29 is 50.5 Å². The van der Waals surface area contributed by atoms with Crippen molar-refractivity contribution in [3.05, 3.63) is 118 Å². The van der Waals surface area contributed by atoms with Crippen LogP contribution in [0.2, 0.25) is 0 Å². The van der Waals surface area contributed by atoms with Crippen molar-refractivity contribution >= 4 is 17.6 Å². The highest BCUT2D eigenvalue weighted by atomic mass is 19.4. The molecule has 6 nitrogen and oxygen atoms in total. The molecule has 54 heavy (non-hydrogen) atoms. The first-order valence-electron chi connectivity index (χ1n) is 17.4. The molecule has 0 radical (unpaired) electrons. The maximum absolute atomic E-state index is 13.7. The van der Waals surface area contributed by atoms with Crippen LogP contribution in [0.15, 0.2) is 84.4 Å². The van der Waals surface area contributed by atoms with E-state index < -0.39 is 53.3 Å². The number of carboxylic acids is 1. The minimum absolute atomic E-state index is 0.0260. The number of cyclic esters (lactones) is 1. The molecular formula is C42H39F6NO5. The largest absolute Gasteiger partial charge is 0.496 e. The zero-order valence-electron chi connectivity index (χ0n) is 30.3. The molecule has 0 bridgehead atoms. The second-order valence-electron chi connectivity index (χ2n) is 14.7. The van der Waals surface area contributed by atoms with Crippen LogP contribution < -0.4 is 4.74 Å². The highest BCUT2D eigenvalue weighted by Crippen LogP contribution is 2.48. The van der Waals surface area contributed by atoms with E-state index in [9.17, 15) is 41.0 Å². The van der Waals surface area contributed by atoms with E-state index in [-0.39, 0.29) is 23.6 Å². The second-order valence-corrected chi connectivity index (χ2v) is 14.7. The molecule has 2 aliphatic rings. The highest BCUT2D eigenvalue weighted by molar-refractivity contribution is 5.99. The van der Waals surface area contributed by atoms with Gasteiger partial charge in [-0.25, -0.2) is 9.59 Å². The van der Waals surface area contributed by atoms with Gasteiger partial charge in [-0.3, -0.25) is 4.90 Å². The predicted molar refractivity (Wildman–Crippen MR) is 192 cm³/mol. The van der Waals surface area contributed by atoms with E-state index in [0.717, 1.165) is 45.4 Å². The Morgan fingerprint density at radius 2 is 1.56 bits per heavy atom. The first-order valence-corrected chi connectivity index (χ1v) is 17.4. The van der Waals surface area contributed by atoms with Crippen molar-refractivity contribution in [2.75, 3.05) is 13.7 Å². The molecule has 284 valence electrons. The number of rotatable bonds is 8. The number of carboxylic acid groups (broad SMARTS) is 1. The van der Waals surface area contributed by atoms with Gasteiger partial charge >= 0.3 is 24.4 Å². The molecule has 1 saturated heterocycles. The summed E-state index contributed by atoms with van der Waals surface area (Å²) < 4.78 is 93.6. The zero-order valence-corrected chi connectivity index (χ0v) is 30.3. The molecule has 1 amide bonds. The van der Waals surface area contributed by atoms with Gasteiger partial charge in [0.15, 0.2) is 0 Å². The Hall–Kier alpha value is -5.26. The molecule has 4 aromatic rings. The molecule has 4 aromatic carbocycles. The third kappa shape index (κ3) is 7.56. The van der Waals surface area contributed by atoms with Crippen molar-refractivity contribution in [3.63, 3.8) is 0 Å². The summed E-state index contributed by atoms with van der Waals surface area (Å²) in [6.07, 6.45) is -10.4. The summed E-state index contributed by atoms with van der Waals surface area (Å²) in [5.41, 5.74) is 2.85. The number of allylic oxidation sites excluding steroid dienone is 1. The number of hydrogen-bond donors (Lipinski definition) is 1. The lowest BCUT2D eigenvalue weighted by molar-refractivity contribution is -0.143. The number of amides is 1. The minimum Gasteiger partial charge on any atom is -0.496 e. The van der Waals surface area contributed by atoms with Crippen LogP contribution in [0.4, 0.5) is 31.1 Å². The van der Waals surface area contributed by atoms with Crippen LogP contribution in [0.3, 0.4) is 0 Å². The van der Waals surface area contributed by atoms with Gasteiger partial charge in [-0.1, -0.05) is 56.3 Å². The average Bonchev–Trinajstić information content (AvgIpc) is 3.39. The summed E-state index contributed by atoms with van der Waals surface area (Å²) in [4.78, 5) is 27.0. The maximum Gasteiger partial charge on any atom is 0.416 e. The summed E-state index contributed by atoms with van der Waals surface area (Å²) in [7, 11) is 1.54. The quantitative estimate of drug-likeness (QED) is 0.181. The van der Waals surface area contributed by atoms with Gasteiger partial charge in [0.25, 0.3) is 0 Å². The number of halogens is 6. The number of carbonyl (C=O) groups is 2. The van der Waals surface area contributed by atoms with Crippen LogP contribution in [-0.2, 0) is 17.1 Å². The van der Waals surface area contributed by atoms with E-state index in [1.807, 2.05) is 55.5 Å². The molecule has 1 fully saturated rings. The molecule has 0 saturated carbocycles. The van der Waals surface area contributed by atoms with Crippen LogP contribution in [0.5, 0.6) is 5.75 Å². The fourth-order valence-electron chi connectivity index (χ4n) is 7.69. The lowest BCUT2D eigenvalue weighted by atomic mass is 9.72. The molecule has 1 aliphatic heterocycles. The standard InChI is InChI=1S/C42H39F6NO5/c1-23-31(12-13-33(38(50)51)36(23)25-9-7-6-8-10-25)26-11-14-35(53-5)34(19-26)32-15-16-40(3,4)21-28(32)22-49-24(2)37(54-39(49)52)27-17-29(41(43,44)45)20-30(18-27)42(46,47)48/h6-14,17-20,24,37H,15-16,21-22H2,1-5H3,(H,50,51)/t24-,37+/m0/s1. The summed E-state index contributed by atoms with van der Waals surface area (Å²) in [6, 6.07) is 18.7. The first-order chi connectivity index (χ1) is 25.3. The van der Waals surface area contributed by atoms with Crippen LogP contribution >= 0.6 is 0 Å². The molecule has 1 N–H and O–H groups in total. The summed E-state index contributed by atoms with van der Waals surface area (Å²) in [5.74, 6) is -0.489. The first kappa shape index (κ1) is 38.5. The third-order valence-electron chi connectivity index (χ3n) is 10.5. The van der Waals surface area contributed by atoms with E-state index in [4.69, 9.17) is 9.47 Å². The van der Waals surface area contributed by atoms with E-state index in [2.05, 4.69) is 13.8 Å². The summed E-state index contributed by atoms with van der Waals surface area (Å²) in [6.45, 7) is 7.63. The Kier molecular flexibility index (Phi) is 10.1. The normalized spacial score (nSPS) is 18.9. The zero-order chi connectivity index (χ0) is 39.3. The number of hydrogen-bond acceptors (Lipinski definition) is 4. The third-order valence-corrected chi connectivity index (χ3v) is 10.5. The number of nitrogens with zero attached hydrogens (tertiary/aromatic N) is 1. The Balaban J connectivity index is 1.42. The van der Waals surface area contributed by atoms with Crippen LogP contribution in [-0.4, -0.2) is 41.8 Å². The van der Waals surface area contributed by atoms with Gasteiger partial charge in [-0.15, -0.1) is 0 Å². The Morgan fingerprint density at radius 3 is 2.15 bits per heavy atom. The smallest absolute Gasteiger partial charge is 0.416 e. The minimum atomic E-state index is -5.05. The van der Waals surface area contributed by atoms with Gasteiger partial charge in [0.05, 0.1) is 29.8 Å². The molecule has 1 aliphatic carbocycles. The van der Waals surface area contributed by atoms with Crippen LogP contribution in [0, 0.1) is 12.3 Å². The number of ether oxygens (including phenoxy) is 2. The van der Waals surface area contributed by atoms with Crippen molar-refractivity contribution in [3.8, 4) is 28.0 Å². The number of carbonyl (C=O) groups excluding carboxylic acids is 1. The predicted octanol–water partition coefficient (Wildman–Crippen LogP) is 11.6. The molecular weight excluding hydrogens is 712 g/mol. The van der Waals surface area contributed by atoms with Crippen LogP contribution in [0.25, 0.3) is 27.8 Å². The Morgan fingerprint density at radius 1 is 0.907 bits per heavy atom. The molecule has 12 heteroatoms. The van der Waals surface area contributed by atoms with Crippen molar-refractivity contribution in [2.24, 2.45) is 5.41 Å². The number of aromatic carboxylic acids is 1. The lowest BCUT2D eigenvalue weighted by Crippen LogP contribution is -2.35. The topological polar surface area (TPSA) is 76.1 Å². The molecule has 0 unspecified atom stereocenters. The van der Waals surface area contributed by atoms with Crippen molar-refractivity contribution in [1.29, 1.82) is 0 Å². The second kappa shape index (κ2) is 14.2. The molecule has 6 rings (SSSR count). The monoisotopic (exact) mass is 751 g/mol. The van der Waals surface area contributed by atoms with Gasteiger partial charge < -0.3 is 14.6 Å². The average molecular weight is 752 g/mol. The van der Waals surface area contributed by atoms with Gasteiger partial charge in [-0.05, 0) is 119 Å². The summed E-state index contributed by atoms with van der Waals surface area (Å²) >= 11 is 0. The van der Waals surface area contributed by atoms with Crippen LogP contribution in [0.1, 0.15) is 84.3 Å². The Labute approximate surface area is 309 Å². The number of benzene rings is 4. The number of methoxy groups -OCH3 is 1.